The molecule has 0 bridgehead atoms. The van der Waals surface area contributed by atoms with Gasteiger partial charge in [0.25, 0.3) is 0 Å². The van der Waals surface area contributed by atoms with E-state index in [2.05, 4.69) is 53.1 Å². The van der Waals surface area contributed by atoms with Gasteiger partial charge < -0.3 is 4.90 Å². The van der Waals surface area contributed by atoms with Gasteiger partial charge in [-0.25, -0.2) is 0 Å². The largest absolute Gasteiger partial charge is 0.304 e. The monoisotopic (exact) mass is 239 g/mol. The minimum Gasteiger partial charge on any atom is -0.304 e. The first-order valence-corrected chi connectivity index (χ1v) is 6.76. The SMILES string of the molecule is C=C/C=C\C.CCC(CC(C)(C)C)N(C)CC. The number of hydrogen-bond acceptors (Lipinski definition) is 1. The predicted molar refractivity (Wildman–Crippen MR) is 81.5 cm³/mol. The highest BCUT2D eigenvalue weighted by molar-refractivity contribution is 4.94. The number of hydrogen-bond donors (Lipinski definition) is 0. The van der Waals surface area contributed by atoms with Crippen LogP contribution in [0.3, 0.4) is 0 Å². The Labute approximate surface area is 110 Å². The number of nitrogens with zero attached hydrogens (tertiary/aromatic N) is 1. The van der Waals surface area contributed by atoms with Crippen LogP contribution in [0.15, 0.2) is 24.8 Å². The first kappa shape index (κ1) is 18.8. The molecule has 0 N–H and O–H groups in total. The molecule has 0 aliphatic rings. The summed E-state index contributed by atoms with van der Waals surface area (Å²) < 4.78 is 0. The Balaban J connectivity index is 0. The van der Waals surface area contributed by atoms with Crippen LogP contribution >= 0.6 is 0 Å². The second kappa shape index (κ2) is 10.6. The van der Waals surface area contributed by atoms with Crippen molar-refractivity contribution < 1.29 is 0 Å². The molecule has 0 rings (SSSR count). The molecule has 0 saturated heterocycles. The minimum atomic E-state index is 0.462. The van der Waals surface area contributed by atoms with E-state index in [9.17, 15) is 0 Å². The van der Waals surface area contributed by atoms with Crippen molar-refractivity contribution >= 4 is 0 Å². The molecule has 0 aromatic carbocycles. The van der Waals surface area contributed by atoms with Crippen LogP contribution < -0.4 is 0 Å². The topological polar surface area (TPSA) is 3.24 Å². The van der Waals surface area contributed by atoms with Gasteiger partial charge in [0.1, 0.15) is 0 Å². The Morgan fingerprint density at radius 3 is 1.94 bits per heavy atom. The highest BCUT2D eigenvalue weighted by atomic mass is 15.1. The van der Waals surface area contributed by atoms with Gasteiger partial charge in [0.2, 0.25) is 0 Å². The zero-order valence-corrected chi connectivity index (χ0v) is 13.1. The van der Waals surface area contributed by atoms with Gasteiger partial charge in [0, 0.05) is 6.04 Å². The molecule has 0 heterocycles. The second-order valence-electron chi connectivity index (χ2n) is 5.66. The Bertz CT molecular complexity index is 198. The van der Waals surface area contributed by atoms with Gasteiger partial charge in [-0.05, 0) is 38.8 Å². The Morgan fingerprint density at radius 2 is 1.76 bits per heavy atom. The summed E-state index contributed by atoms with van der Waals surface area (Å²) >= 11 is 0. The molecular formula is C16H33N. The molecule has 1 heteroatoms. The zero-order chi connectivity index (χ0) is 13.9. The van der Waals surface area contributed by atoms with E-state index in [0.717, 1.165) is 12.6 Å². The number of allylic oxidation sites excluding steroid dienone is 3. The Kier molecular flexibility index (Phi) is 11.7. The van der Waals surface area contributed by atoms with Crippen molar-refractivity contribution in [1.29, 1.82) is 0 Å². The van der Waals surface area contributed by atoms with Crippen molar-refractivity contribution in [2.75, 3.05) is 13.6 Å². The van der Waals surface area contributed by atoms with E-state index in [0.29, 0.717) is 5.41 Å². The molecule has 0 aliphatic carbocycles. The smallest absolute Gasteiger partial charge is 0.00944 e. The summed E-state index contributed by atoms with van der Waals surface area (Å²) in [6.07, 6.45) is 8.14. The summed E-state index contributed by atoms with van der Waals surface area (Å²) in [6.45, 7) is 18.0. The summed E-state index contributed by atoms with van der Waals surface area (Å²) in [5.41, 5.74) is 0.462. The number of rotatable bonds is 5. The molecule has 0 fully saturated rings. The predicted octanol–water partition coefficient (Wildman–Crippen LogP) is 4.90. The standard InChI is InChI=1S/C11H25N.C5H8/c1-7-10(12(6)8-2)9-11(3,4)5;1-3-5-4-2/h10H,7-9H2,1-6H3;3-5H,1H2,2H3/b;5-4-. The van der Waals surface area contributed by atoms with E-state index in [1.807, 2.05) is 19.1 Å². The summed E-state index contributed by atoms with van der Waals surface area (Å²) in [6, 6.07) is 0.759. The molecule has 1 unspecified atom stereocenters. The van der Waals surface area contributed by atoms with Gasteiger partial charge in [0.05, 0.1) is 0 Å². The second-order valence-corrected chi connectivity index (χ2v) is 5.66. The van der Waals surface area contributed by atoms with Crippen LogP contribution in [0.4, 0.5) is 0 Å². The van der Waals surface area contributed by atoms with Gasteiger partial charge in [-0.1, -0.05) is 59.4 Å². The lowest BCUT2D eigenvalue weighted by molar-refractivity contribution is 0.181. The van der Waals surface area contributed by atoms with Crippen LogP contribution in [0.2, 0.25) is 0 Å². The molecule has 0 aromatic heterocycles. The molecule has 0 aromatic rings. The average Bonchev–Trinajstić information content (AvgIpc) is 2.25. The zero-order valence-electron chi connectivity index (χ0n) is 13.1. The van der Waals surface area contributed by atoms with Gasteiger partial charge in [-0.2, -0.15) is 0 Å². The third-order valence-electron chi connectivity index (χ3n) is 2.77. The van der Waals surface area contributed by atoms with Crippen LogP contribution in [-0.4, -0.2) is 24.5 Å². The van der Waals surface area contributed by atoms with Gasteiger partial charge >= 0.3 is 0 Å². The van der Waals surface area contributed by atoms with Crippen molar-refractivity contribution in [2.45, 2.75) is 60.4 Å². The van der Waals surface area contributed by atoms with Crippen molar-refractivity contribution in [3.8, 4) is 0 Å². The van der Waals surface area contributed by atoms with Crippen LogP contribution in [0.5, 0.6) is 0 Å². The van der Waals surface area contributed by atoms with Crippen LogP contribution in [-0.2, 0) is 0 Å². The van der Waals surface area contributed by atoms with Gasteiger partial charge in [-0.3, -0.25) is 0 Å². The lowest BCUT2D eigenvalue weighted by atomic mass is 9.87. The van der Waals surface area contributed by atoms with Crippen molar-refractivity contribution in [1.82, 2.24) is 4.90 Å². The molecule has 1 atom stereocenters. The highest BCUT2D eigenvalue weighted by Crippen LogP contribution is 2.24. The van der Waals surface area contributed by atoms with Crippen molar-refractivity contribution in [3.63, 3.8) is 0 Å². The fraction of sp³-hybridized carbons (Fsp3) is 0.750. The molecule has 0 amide bonds. The van der Waals surface area contributed by atoms with Crippen LogP contribution in [0, 0.1) is 5.41 Å². The summed E-state index contributed by atoms with van der Waals surface area (Å²) in [5, 5.41) is 0. The molecule has 0 radical (unpaired) electrons. The molecule has 102 valence electrons. The lowest BCUT2D eigenvalue weighted by Gasteiger charge is -2.31. The summed E-state index contributed by atoms with van der Waals surface area (Å²) in [4.78, 5) is 2.45. The van der Waals surface area contributed by atoms with E-state index in [4.69, 9.17) is 0 Å². The maximum Gasteiger partial charge on any atom is 0.00944 e. The van der Waals surface area contributed by atoms with E-state index >= 15 is 0 Å². The summed E-state index contributed by atoms with van der Waals surface area (Å²) in [5.74, 6) is 0. The first-order valence-electron chi connectivity index (χ1n) is 6.76. The van der Waals surface area contributed by atoms with E-state index in [-0.39, 0.29) is 0 Å². The molecular weight excluding hydrogens is 206 g/mol. The lowest BCUT2D eigenvalue weighted by Crippen LogP contribution is -2.34. The van der Waals surface area contributed by atoms with Crippen molar-refractivity contribution in [3.05, 3.63) is 24.8 Å². The first-order chi connectivity index (χ1) is 7.82. The maximum absolute atomic E-state index is 3.46. The summed E-state index contributed by atoms with van der Waals surface area (Å²) in [7, 11) is 2.22. The fourth-order valence-corrected chi connectivity index (χ4v) is 1.71. The average molecular weight is 239 g/mol. The normalized spacial score (nSPS) is 13.4. The van der Waals surface area contributed by atoms with E-state index in [1.54, 1.807) is 6.08 Å². The molecule has 1 nitrogen and oxygen atoms in total. The fourth-order valence-electron chi connectivity index (χ4n) is 1.71. The molecule has 0 saturated carbocycles. The highest BCUT2D eigenvalue weighted by Gasteiger charge is 2.19. The Morgan fingerprint density at radius 1 is 1.24 bits per heavy atom. The molecule has 0 aliphatic heterocycles. The van der Waals surface area contributed by atoms with E-state index in [1.165, 1.54) is 12.8 Å². The van der Waals surface area contributed by atoms with Crippen LogP contribution in [0.25, 0.3) is 0 Å². The van der Waals surface area contributed by atoms with Gasteiger partial charge in [0.15, 0.2) is 0 Å². The van der Waals surface area contributed by atoms with Crippen molar-refractivity contribution in [2.24, 2.45) is 5.41 Å². The molecule has 0 spiro atoms. The quantitative estimate of drug-likeness (QED) is 0.617. The van der Waals surface area contributed by atoms with Crippen LogP contribution in [0.1, 0.15) is 54.4 Å². The third-order valence-corrected chi connectivity index (χ3v) is 2.77. The maximum atomic E-state index is 3.46. The third kappa shape index (κ3) is 13.4. The van der Waals surface area contributed by atoms with Gasteiger partial charge in [-0.15, -0.1) is 0 Å². The Hall–Kier alpha value is -0.560. The minimum absolute atomic E-state index is 0.462. The molecule has 17 heavy (non-hydrogen) atoms. The van der Waals surface area contributed by atoms with E-state index < -0.39 is 0 Å².